The Balaban J connectivity index is 1.91. The molecule has 10 nitrogen and oxygen atoms in total. The average molecular weight is 471 g/mol. The lowest BCUT2D eigenvalue weighted by Gasteiger charge is -2.13. The van der Waals surface area contributed by atoms with Gasteiger partial charge in [0.1, 0.15) is 17.1 Å². The van der Waals surface area contributed by atoms with Gasteiger partial charge in [0.25, 0.3) is 11.5 Å². The summed E-state index contributed by atoms with van der Waals surface area (Å²) in [4.78, 5) is 45.6. The molecule has 3 aromatic rings. The Hall–Kier alpha value is -3.40. The molecule has 2 aromatic heterocycles. The Morgan fingerprint density at radius 2 is 1.79 bits per heavy atom. The summed E-state index contributed by atoms with van der Waals surface area (Å²) in [6.45, 7) is 7.53. The van der Waals surface area contributed by atoms with Crippen LogP contribution >= 0.6 is 0 Å². The highest BCUT2D eigenvalue weighted by atomic mass is 16.5. The molecular formula is C24H34N6O4. The number of carbonyl (C=O) groups is 1. The van der Waals surface area contributed by atoms with Crippen molar-refractivity contribution in [2.24, 2.45) is 5.73 Å². The molecule has 4 N–H and O–H groups in total. The normalized spacial score (nSPS) is 12.1. The van der Waals surface area contributed by atoms with Crippen LogP contribution in [0, 0.1) is 0 Å². The van der Waals surface area contributed by atoms with Crippen molar-refractivity contribution in [3.63, 3.8) is 0 Å². The first-order valence-electron chi connectivity index (χ1n) is 11.9. The van der Waals surface area contributed by atoms with Crippen molar-refractivity contribution in [1.29, 1.82) is 0 Å². The van der Waals surface area contributed by atoms with Gasteiger partial charge in [0.15, 0.2) is 12.3 Å². The van der Waals surface area contributed by atoms with E-state index in [1.807, 2.05) is 32.9 Å². The van der Waals surface area contributed by atoms with Crippen LogP contribution < -0.4 is 27.0 Å². The first-order valence-corrected chi connectivity index (χ1v) is 11.9. The van der Waals surface area contributed by atoms with Gasteiger partial charge in [0, 0.05) is 32.1 Å². The summed E-state index contributed by atoms with van der Waals surface area (Å²) in [6, 6.07) is 7.45. The quantitative estimate of drug-likeness (QED) is 0.368. The molecule has 0 radical (unpaired) electrons. The van der Waals surface area contributed by atoms with Gasteiger partial charge in [-0.2, -0.15) is 0 Å². The Morgan fingerprint density at radius 3 is 2.41 bits per heavy atom. The highest BCUT2D eigenvalue weighted by Crippen LogP contribution is 2.28. The number of benzene rings is 1. The van der Waals surface area contributed by atoms with E-state index in [1.165, 1.54) is 4.57 Å². The van der Waals surface area contributed by atoms with E-state index in [4.69, 9.17) is 15.5 Å². The third-order valence-electron chi connectivity index (χ3n) is 5.63. The average Bonchev–Trinajstić information content (AvgIpc) is 3.28. The van der Waals surface area contributed by atoms with Gasteiger partial charge < -0.3 is 20.8 Å². The van der Waals surface area contributed by atoms with Crippen LogP contribution in [0.5, 0.6) is 5.75 Å². The number of nitrogens with zero attached hydrogens (tertiary/aromatic N) is 3. The molecule has 184 valence electrons. The Bertz CT molecular complexity index is 1230. The van der Waals surface area contributed by atoms with E-state index in [1.54, 1.807) is 16.7 Å². The molecule has 0 saturated carbocycles. The molecule has 0 spiro atoms. The van der Waals surface area contributed by atoms with Crippen LogP contribution in [0.3, 0.4) is 0 Å². The van der Waals surface area contributed by atoms with Gasteiger partial charge in [-0.3, -0.25) is 18.7 Å². The first kappa shape index (κ1) is 25.2. The van der Waals surface area contributed by atoms with Crippen LogP contribution in [-0.2, 0) is 17.9 Å². The molecule has 2 heterocycles. The number of carbonyl (C=O) groups excluding carboxylic acids is 1. The predicted molar refractivity (Wildman–Crippen MR) is 131 cm³/mol. The second kappa shape index (κ2) is 11.6. The summed E-state index contributed by atoms with van der Waals surface area (Å²) >= 11 is 0. The number of imidazole rings is 1. The van der Waals surface area contributed by atoms with Gasteiger partial charge in [-0.25, -0.2) is 9.78 Å². The van der Waals surface area contributed by atoms with Crippen molar-refractivity contribution >= 4 is 17.1 Å². The third kappa shape index (κ3) is 5.39. The van der Waals surface area contributed by atoms with Crippen molar-refractivity contribution in [1.82, 2.24) is 24.4 Å². The number of hydrogen-bond donors (Lipinski definition) is 3. The van der Waals surface area contributed by atoms with Crippen molar-refractivity contribution in [3.05, 3.63) is 56.5 Å². The van der Waals surface area contributed by atoms with E-state index in [0.29, 0.717) is 55.3 Å². The summed E-state index contributed by atoms with van der Waals surface area (Å²) < 4.78 is 8.41. The molecule has 34 heavy (non-hydrogen) atoms. The number of H-pyrrole nitrogens is 1. The zero-order valence-corrected chi connectivity index (χ0v) is 20.1. The number of nitrogens with one attached hydrogen (secondary N) is 2. The van der Waals surface area contributed by atoms with Crippen LogP contribution in [0.4, 0.5) is 0 Å². The van der Waals surface area contributed by atoms with Crippen LogP contribution in [0.25, 0.3) is 11.2 Å². The minimum Gasteiger partial charge on any atom is -0.484 e. The lowest BCUT2D eigenvalue weighted by molar-refractivity contribution is -0.123. The maximum Gasteiger partial charge on any atom is 0.332 e. The lowest BCUT2D eigenvalue weighted by atomic mass is 9.96. The molecule has 1 atom stereocenters. The minimum absolute atomic E-state index is 0.0842. The maximum absolute atomic E-state index is 13.0. The van der Waals surface area contributed by atoms with E-state index in [9.17, 15) is 14.4 Å². The van der Waals surface area contributed by atoms with Gasteiger partial charge in [-0.1, -0.05) is 32.9 Å². The number of nitrogens with two attached hydrogens (primary N) is 1. The molecular weight excluding hydrogens is 436 g/mol. The van der Waals surface area contributed by atoms with Crippen LogP contribution in [-0.4, -0.2) is 44.7 Å². The van der Waals surface area contributed by atoms with Gasteiger partial charge in [0.2, 0.25) is 0 Å². The molecule has 0 fully saturated rings. The van der Waals surface area contributed by atoms with Gasteiger partial charge >= 0.3 is 5.69 Å². The largest absolute Gasteiger partial charge is 0.484 e. The maximum atomic E-state index is 13.0. The number of aromatic nitrogens is 4. The van der Waals surface area contributed by atoms with Crippen LogP contribution in [0.1, 0.15) is 57.3 Å². The molecule has 0 saturated heterocycles. The van der Waals surface area contributed by atoms with Gasteiger partial charge in [-0.15, -0.1) is 0 Å². The fourth-order valence-electron chi connectivity index (χ4n) is 3.99. The standard InChI is InChI=1S/C24H34N6O4/c1-4-13-29-22-20(23(32)30(14-5-2)24(29)33)27-21(28-22)18(6-3)16-7-9-17(10-8-16)34-15-19(31)26-12-11-25/h7-10,18H,4-6,11-15,25H2,1-3H3,(H,26,31)(H,27,28). The smallest absolute Gasteiger partial charge is 0.332 e. The fourth-order valence-corrected chi connectivity index (χ4v) is 3.99. The Morgan fingerprint density at radius 1 is 1.12 bits per heavy atom. The highest BCUT2D eigenvalue weighted by Gasteiger charge is 2.21. The SMILES string of the molecule is CCCn1c(=O)c2[nH]c(C(CC)c3ccc(OCC(=O)NCCN)cc3)nc2n(CCC)c1=O. The molecule has 3 rings (SSSR count). The number of aryl methyl sites for hydroxylation is 1. The summed E-state index contributed by atoms with van der Waals surface area (Å²) in [5, 5.41) is 2.66. The number of fused-ring (bicyclic) bond motifs is 1. The zero-order valence-electron chi connectivity index (χ0n) is 20.1. The molecule has 0 aliphatic rings. The summed E-state index contributed by atoms with van der Waals surface area (Å²) in [6.07, 6.45) is 2.18. The zero-order chi connectivity index (χ0) is 24.7. The highest BCUT2D eigenvalue weighted by molar-refractivity contribution is 5.77. The topological polar surface area (TPSA) is 137 Å². The van der Waals surface area contributed by atoms with Crippen molar-refractivity contribution in [2.45, 2.75) is 59.0 Å². The molecule has 10 heteroatoms. The van der Waals surface area contributed by atoms with Crippen LogP contribution in [0.2, 0.25) is 0 Å². The molecule has 0 aliphatic carbocycles. The van der Waals surface area contributed by atoms with Gasteiger partial charge in [0.05, 0.1) is 0 Å². The molecule has 0 aliphatic heterocycles. The third-order valence-corrected chi connectivity index (χ3v) is 5.63. The van der Waals surface area contributed by atoms with Crippen molar-refractivity contribution < 1.29 is 9.53 Å². The van der Waals surface area contributed by atoms with Crippen molar-refractivity contribution in [3.8, 4) is 5.75 Å². The number of hydrogen-bond acceptors (Lipinski definition) is 6. The molecule has 1 aromatic carbocycles. The van der Waals surface area contributed by atoms with Crippen LogP contribution in [0.15, 0.2) is 33.9 Å². The second-order valence-corrected chi connectivity index (χ2v) is 8.17. The molecule has 1 unspecified atom stereocenters. The van der Waals surface area contributed by atoms with E-state index >= 15 is 0 Å². The van der Waals surface area contributed by atoms with Gasteiger partial charge in [-0.05, 0) is 37.0 Å². The van der Waals surface area contributed by atoms with Crippen molar-refractivity contribution in [2.75, 3.05) is 19.7 Å². The summed E-state index contributed by atoms with van der Waals surface area (Å²) in [5.41, 5.74) is 6.48. The lowest BCUT2D eigenvalue weighted by Crippen LogP contribution is -2.40. The first-order chi connectivity index (χ1) is 16.4. The molecule has 1 amide bonds. The summed E-state index contributed by atoms with van der Waals surface area (Å²) in [5.74, 6) is 0.891. The van der Waals surface area contributed by atoms with E-state index < -0.39 is 0 Å². The minimum atomic E-state index is -0.334. The monoisotopic (exact) mass is 470 g/mol. The second-order valence-electron chi connectivity index (χ2n) is 8.17. The number of rotatable bonds is 12. The number of ether oxygens (including phenoxy) is 1. The Kier molecular flexibility index (Phi) is 8.64. The summed E-state index contributed by atoms with van der Waals surface area (Å²) in [7, 11) is 0. The fraction of sp³-hybridized carbons (Fsp3) is 0.500. The number of amides is 1. The Labute approximate surface area is 198 Å². The van der Waals surface area contributed by atoms with E-state index in [2.05, 4.69) is 10.3 Å². The van der Waals surface area contributed by atoms with E-state index in [-0.39, 0.29) is 29.7 Å². The predicted octanol–water partition coefficient (Wildman–Crippen LogP) is 1.70. The number of aromatic amines is 1. The van der Waals surface area contributed by atoms with E-state index in [0.717, 1.165) is 18.4 Å². The molecule has 0 bridgehead atoms.